The monoisotopic (exact) mass is 247 g/mol. The van der Waals surface area contributed by atoms with Crippen LogP contribution in [0.4, 0.5) is 0 Å². The lowest BCUT2D eigenvalue weighted by Crippen LogP contribution is -2.15. The lowest BCUT2D eigenvalue weighted by atomic mass is 10.2. The Hall–Kier alpha value is -1.61. The van der Waals surface area contributed by atoms with Crippen molar-refractivity contribution in [3.8, 4) is 5.75 Å². The molecule has 0 aliphatic heterocycles. The molecule has 0 bridgehead atoms. The molecule has 0 aliphatic rings. The number of carbonyl (C=O) groups is 1. The van der Waals surface area contributed by atoms with Gasteiger partial charge in [0.15, 0.2) is 5.78 Å². The van der Waals surface area contributed by atoms with Crippen molar-refractivity contribution in [2.24, 2.45) is 0 Å². The molecule has 1 aromatic carbocycles. The summed E-state index contributed by atoms with van der Waals surface area (Å²) in [6.45, 7) is 3.29. The maximum absolute atomic E-state index is 10.8. The van der Waals surface area contributed by atoms with Gasteiger partial charge in [0.05, 0.1) is 6.61 Å². The number of ketones is 1. The van der Waals surface area contributed by atoms with Gasteiger partial charge in [0.2, 0.25) is 0 Å². The molecule has 0 atom stereocenters. The Morgan fingerprint density at radius 3 is 2.50 bits per heavy atom. The topological polar surface area (TPSA) is 29.5 Å². The number of hydrogen-bond donors (Lipinski definition) is 0. The molecule has 1 aromatic rings. The van der Waals surface area contributed by atoms with E-state index < -0.39 is 0 Å². The van der Waals surface area contributed by atoms with Gasteiger partial charge in [-0.3, -0.25) is 4.79 Å². The summed E-state index contributed by atoms with van der Waals surface area (Å²) in [6, 6.07) is 7.74. The van der Waals surface area contributed by atoms with Crippen molar-refractivity contribution in [3.63, 3.8) is 0 Å². The first kappa shape index (κ1) is 14.5. The number of nitrogens with zero attached hydrogens (tertiary/aromatic N) is 1. The fraction of sp³-hybridized carbons (Fsp3) is 0.400. The second kappa shape index (κ2) is 7.67. The summed E-state index contributed by atoms with van der Waals surface area (Å²) in [7, 11) is 4.10. The van der Waals surface area contributed by atoms with Crippen LogP contribution in [-0.2, 0) is 4.79 Å². The van der Waals surface area contributed by atoms with Crippen molar-refractivity contribution in [1.82, 2.24) is 4.90 Å². The van der Waals surface area contributed by atoms with E-state index in [1.165, 1.54) is 0 Å². The van der Waals surface area contributed by atoms with Crippen molar-refractivity contribution in [2.75, 3.05) is 27.2 Å². The fourth-order valence-electron chi connectivity index (χ4n) is 1.46. The molecule has 98 valence electrons. The Morgan fingerprint density at radius 2 is 1.94 bits per heavy atom. The third-order valence-electron chi connectivity index (χ3n) is 2.41. The van der Waals surface area contributed by atoms with Crippen LogP contribution in [0.3, 0.4) is 0 Å². The van der Waals surface area contributed by atoms with Crippen LogP contribution in [0, 0.1) is 0 Å². The van der Waals surface area contributed by atoms with Crippen molar-refractivity contribution in [2.45, 2.75) is 13.3 Å². The normalized spacial score (nSPS) is 11.1. The zero-order valence-electron chi connectivity index (χ0n) is 11.3. The van der Waals surface area contributed by atoms with Crippen LogP contribution in [0.2, 0.25) is 0 Å². The number of rotatable bonds is 7. The van der Waals surface area contributed by atoms with Crippen LogP contribution >= 0.6 is 0 Å². The Labute approximate surface area is 109 Å². The molecule has 0 N–H and O–H groups in total. The van der Waals surface area contributed by atoms with Gasteiger partial charge in [-0.2, -0.15) is 0 Å². The maximum atomic E-state index is 10.8. The van der Waals surface area contributed by atoms with E-state index in [0.29, 0.717) is 0 Å². The Bertz CT molecular complexity index is 393. The quantitative estimate of drug-likeness (QED) is 0.548. The summed E-state index contributed by atoms with van der Waals surface area (Å²) >= 11 is 0. The van der Waals surface area contributed by atoms with Crippen LogP contribution in [0.5, 0.6) is 5.75 Å². The molecule has 0 saturated carbocycles. The highest BCUT2D eigenvalue weighted by Gasteiger charge is 1.95. The van der Waals surface area contributed by atoms with Gasteiger partial charge >= 0.3 is 0 Å². The first-order chi connectivity index (χ1) is 8.58. The molecule has 3 nitrogen and oxygen atoms in total. The van der Waals surface area contributed by atoms with E-state index >= 15 is 0 Å². The maximum Gasteiger partial charge on any atom is 0.152 e. The second-order valence-electron chi connectivity index (χ2n) is 4.52. The van der Waals surface area contributed by atoms with Crippen LogP contribution in [0.25, 0.3) is 6.08 Å². The molecule has 1 rings (SSSR count). The first-order valence-electron chi connectivity index (χ1n) is 6.14. The van der Waals surface area contributed by atoms with E-state index in [9.17, 15) is 4.79 Å². The third-order valence-corrected chi connectivity index (χ3v) is 2.41. The van der Waals surface area contributed by atoms with Gasteiger partial charge in [0.25, 0.3) is 0 Å². The SMILES string of the molecule is CC(=O)/C=C/c1ccc(OCCCN(C)C)cc1. The predicted octanol–water partition coefficient (Wildman–Crippen LogP) is 2.62. The number of allylic oxidation sites excluding steroid dienone is 1. The van der Waals surface area contributed by atoms with Crippen molar-refractivity contribution in [3.05, 3.63) is 35.9 Å². The van der Waals surface area contributed by atoms with Gasteiger partial charge in [-0.05, 0) is 51.2 Å². The number of carbonyl (C=O) groups excluding carboxylic acids is 1. The summed E-state index contributed by atoms with van der Waals surface area (Å²) in [5, 5.41) is 0. The van der Waals surface area contributed by atoms with E-state index in [1.807, 2.05) is 24.3 Å². The number of benzene rings is 1. The highest BCUT2D eigenvalue weighted by Crippen LogP contribution is 2.13. The van der Waals surface area contributed by atoms with Crippen molar-refractivity contribution >= 4 is 11.9 Å². The largest absolute Gasteiger partial charge is 0.494 e. The molecule has 0 unspecified atom stereocenters. The van der Waals surface area contributed by atoms with E-state index in [1.54, 1.807) is 19.1 Å². The Balaban J connectivity index is 2.38. The zero-order chi connectivity index (χ0) is 13.4. The molecule has 0 spiro atoms. The number of ether oxygens (including phenoxy) is 1. The van der Waals surface area contributed by atoms with Gasteiger partial charge in [-0.1, -0.05) is 18.2 Å². The molecule has 0 fully saturated rings. The van der Waals surface area contributed by atoms with Gasteiger partial charge < -0.3 is 9.64 Å². The molecule has 0 saturated heterocycles. The van der Waals surface area contributed by atoms with E-state index in [4.69, 9.17) is 4.74 Å². The summed E-state index contributed by atoms with van der Waals surface area (Å²) < 4.78 is 5.62. The van der Waals surface area contributed by atoms with Crippen LogP contribution < -0.4 is 4.74 Å². The lowest BCUT2D eigenvalue weighted by Gasteiger charge is -2.10. The standard InChI is InChI=1S/C15H21NO2/c1-13(17)5-6-14-7-9-15(10-8-14)18-12-4-11-16(2)3/h5-10H,4,11-12H2,1-3H3/b6-5+. The fourth-order valence-corrected chi connectivity index (χ4v) is 1.46. The molecule has 0 heterocycles. The minimum absolute atomic E-state index is 0.0546. The highest BCUT2D eigenvalue weighted by molar-refractivity contribution is 5.91. The third kappa shape index (κ3) is 6.21. The highest BCUT2D eigenvalue weighted by atomic mass is 16.5. The van der Waals surface area contributed by atoms with Crippen LogP contribution in [-0.4, -0.2) is 37.9 Å². The average Bonchev–Trinajstić information content (AvgIpc) is 2.33. The molecule has 0 radical (unpaired) electrons. The van der Waals surface area contributed by atoms with Crippen molar-refractivity contribution in [1.29, 1.82) is 0 Å². The lowest BCUT2D eigenvalue weighted by molar-refractivity contribution is -0.112. The minimum atomic E-state index is 0.0546. The summed E-state index contributed by atoms with van der Waals surface area (Å²) in [4.78, 5) is 12.9. The van der Waals surface area contributed by atoms with Gasteiger partial charge in [-0.25, -0.2) is 0 Å². The molecule has 0 amide bonds. The first-order valence-corrected chi connectivity index (χ1v) is 6.14. The molecule has 3 heteroatoms. The number of hydrogen-bond acceptors (Lipinski definition) is 3. The molecule has 0 aliphatic carbocycles. The Kier molecular flexibility index (Phi) is 6.15. The Morgan fingerprint density at radius 1 is 1.28 bits per heavy atom. The summed E-state index contributed by atoms with van der Waals surface area (Å²) in [6.07, 6.45) is 4.38. The second-order valence-corrected chi connectivity index (χ2v) is 4.52. The molecular formula is C15H21NO2. The molecule has 18 heavy (non-hydrogen) atoms. The van der Waals surface area contributed by atoms with Crippen molar-refractivity contribution < 1.29 is 9.53 Å². The molecule has 0 aromatic heterocycles. The van der Waals surface area contributed by atoms with Gasteiger partial charge in [0, 0.05) is 6.54 Å². The smallest absolute Gasteiger partial charge is 0.152 e. The predicted molar refractivity (Wildman–Crippen MR) is 74.8 cm³/mol. The molecular weight excluding hydrogens is 226 g/mol. The van der Waals surface area contributed by atoms with E-state index in [-0.39, 0.29) is 5.78 Å². The van der Waals surface area contributed by atoms with Crippen LogP contribution in [0.1, 0.15) is 18.9 Å². The van der Waals surface area contributed by atoms with E-state index in [0.717, 1.165) is 30.9 Å². The average molecular weight is 247 g/mol. The summed E-state index contributed by atoms with van der Waals surface area (Å²) in [5.74, 6) is 0.924. The van der Waals surface area contributed by atoms with E-state index in [2.05, 4.69) is 19.0 Å². The zero-order valence-corrected chi connectivity index (χ0v) is 11.3. The van der Waals surface area contributed by atoms with Crippen LogP contribution in [0.15, 0.2) is 30.3 Å². The summed E-state index contributed by atoms with van der Waals surface area (Å²) in [5.41, 5.74) is 1.01. The van der Waals surface area contributed by atoms with Gasteiger partial charge in [0.1, 0.15) is 5.75 Å². The minimum Gasteiger partial charge on any atom is -0.494 e. The van der Waals surface area contributed by atoms with Gasteiger partial charge in [-0.15, -0.1) is 0 Å².